The minimum atomic E-state index is -0.410. The van der Waals surface area contributed by atoms with E-state index >= 15 is 0 Å². The number of benzene rings is 2. The van der Waals surface area contributed by atoms with Gasteiger partial charge in [-0.3, -0.25) is 4.79 Å². The Morgan fingerprint density at radius 3 is 2.07 bits per heavy atom. The van der Waals surface area contributed by atoms with Crippen molar-refractivity contribution < 1.29 is 4.79 Å². The SMILES string of the molecule is CCc1cccc(CC)c1N/C=C(/C#N)C(=O)Nc1c(C)cc(C)cc1C. The molecule has 140 valence electrons. The summed E-state index contributed by atoms with van der Waals surface area (Å²) in [5, 5.41) is 15.5. The zero-order chi connectivity index (χ0) is 20.0. The first-order valence-corrected chi connectivity index (χ1v) is 9.28. The van der Waals surface area contributed by atoms with Crippen molar-refractivity contribution in [1.29, 1.82) is 5.26 Å². The first kappa shape index (κ1) is 20.3. The highest BCUT2D eigenvalue weighted by Crippen LogP contribution is 2.24. The fourth-order valence-corrected chi connectivity index (χ4v) is 3.28. The maximum Gasteiger partial charge on any atom is 0.267 e. The Morgan fingerprint density at radius 2 is 1.59 bits per heavy atom. The standard InChI is InChI=1S/C23H27N3O/c1-6-18-9-8-10-19(7-2)22(18)25-14-20(13-24)23(27)26-21-16(4)11-15(3)12-17(21)5/h8-12,14,25H,6-7H2,1-5H3,(H,26,27)/b20-14-. The molecule has 2 aromatic carbocycles. The van der Waals surface area contributed by atoms with Gasteiger partial charge in [-0.05, 0) is 55.9 Å². The van der Waals surface area contributed by atoms with Crippen LogP contribution in [0.3, 0.4) is 0 Å². The van der Waals surface area contributed by atoms with Crippen molar-refractivity contribution in [2.24, 2.45) is 0 Å². The van der Waals surface area contributed by atoms with E-state index in [1.165, 1.54) is 6.20 Å². The monoisotopic (exact) mass is 361 g/mol. The van der Waals surface area contributed by atoms with Crippen LogP contribution >= 0.6 is 0 Å². The van der Waals surface area contributed by atoms with E-state index in [9.17, 15) is 10.1 Å². The van der Waals surface area contributed by atoms with Crippen LogP contribution in [-0.2, 0) is 17.6 Å². The van der Waals surface area contributed by atoms with E-state index in [1.807, 2.05) is 45.0 Å². The summed E-state index contributed by atoms with van der Waals surface area (Å²) >= 11 is 0. The fraction of sp³-hybridized carbons (Fsp3) is 0.304. The van der Waals surface area contributed by atoms with Gasteiger partial charge >= 0.3 is 0 Å². The Bertz CT molecular complexity index is 874. The number of hydrogen-bond donors (Lipinski definition) is 2. The second kappa shape index (κ2) is 9.05. The zero-order valence-electron chi connectivity index (χ0n) is 16.7. The molecule has 2 aromatic rings. The van der Waals surface area contributed by atoms with E-state index in [4.69, 9.17) is 0 Å². The number of rotatable bonds is 6. The van der Waals surface area contributed by atoms with Crippen LogP contribution in [0.25, 0.3) is 0 Å². The predicted octanol–water partition coefficient (Wildman–Crippen LogP) is 5.19. The van der Waals surface area contributed by atoms with Crippen molar-refractivity contribution in [3.8, 4) is 6.07 Å². The highest BCUT2D eigenvalue weighted by atomic mass is 16.1. The molecule has 0 bridgehead atoms. The molecule has 2 N–H and O–H groups in total. The summed E-state index contributed by atoms with van der Waals surface area (Å²) in [6.07, 6.45) is 3.25. The Hall–Kier alpha value is -3.06. The summed E-state index contributed by atoms with van der Waals surface area (Å²) in [5.74, 6) is -0.410. The molecule has 4 heteroatoms. The fourth-order valence-electron chi connectivity index (χ4n) is 3.28. The average Bonchev–Trinajstić information content (AvgIpc) is 2.64. The third-order valence-electron chi connectivity index (χ3n) is 4.64. The number of carbonyl (C=O) groups excluding carboxylic acids is 1. The number of anilines is 2. The molecule has 0 atom stereocenters. The number of carbonyl (C=O) groups is 1. The number of amides is 1. The molecule has 0 unspecified atom stereocenters. The van der Waals surface area contributed by atoms with Crippen LogP contribution in [0.5, 0.6) is 0 Å². The summed E-state index contributed by atoms with van der Waals surface area (Å²) in [6.45, 7) is 10.1. The van der Waals surface area contributed by atoms with Crippen molar-refractivity contribution in [3.63, 3.8) is 0 Å². The van der Waals surface area contributed by atoms with Gasteiger partial charge in [0.15, 0.2) is 0 Å². The van der Waals surface area contributed by atoms with Crippen LogP contribution in [0, 0.1) is 32.1 Å². The summed E-state index contributed by atoms with van der Waals surface area (Å²) in [6, 6.07) is 12.2. The molecule has 0 aliphatic carbocycles. The molecule has 0 heterocycles. The average molecular weight is 361 g/mol. The molecular formula is C23H27N3O. The van der Waals surface area contributed by atoms with Crippen LogP contribution in [0.1, 0.15) is 41.7 Å². The van der Waals surface area contributed by atoms with Gasteiger partial charge in [0.05, 0.1) is 0 Å². The van der Waals surface area contributed by atoms with Gasteiger partial charge in [0.25, 0.3) is 5.91 Å². The normalized spacial score (nSPS) is 11.0. The van der Waals surface area contributed by atoms with E-state index in [2.05, 4.69) is 36.6 Å². The molecule has 0 aliphatic rings. The smallest absolute Gasteiger partial charge is 0.267 e. The number of hydrogen-bond acceptors (Lipinski definition) is 3. The van der Waals surface area contributed by atoms with Gasteiger partial charge in [0, 0.05) is 17.6 Å². The Kier molecular flexibility index (Phi) is 6.79. The van der Waals surface area contributed by atoms with Crippen LogP contribution in [0.15, 0.2) is 42.1 Å². The largest absolute Gasteiger partial charge is 0.360 e. The molecule has 0 saturated carbocycles. The minimum Gasteiger partial charge on any atom is -0.360 e. The van der Waals surface area contributed by atoms with Crippen molar-refractivity contribution >= 4 is 17.3 Å². The van der Waals surface area contributed by atoms with E-state index in [0.29, 0.717) is 0 Å². The number of nitrogens with one attached hydrogen (secondary N) is 2. The Morgan fingerprint density at radius 1 is 1.04 bits per heavy atom. The first-order valence-electron chi connectivity index (χ1n) is 9.28. The summed E-state index contributed by atoms with van der Waals surface area (Å²) < 4.78 is 0. The van der Waals surface area contributed by atoms with Crippen molar-refractivity contribution in [1.82, 2.24) is 0 Å². The highest BCUT2D eigenvalue weighted by molar-refractivity contribution is 6.07. The third kappa shape index (κ3) is 4.77. The lowest BCUT2D eigenvalue weighted by Crippen LogP contribution is -2.16. The molecule has 0 radical (unpaired) electrons. The molecule has 2 rings (SSSR count). The number of nitriles is 1. The van der Waals surface area contributed by atoms with Gasteiger partial charge < -0.3 is 10.6 Å². The van der Waals surface area contributed by atoms with Crippen LogP contribution < -0.4 is 10.6 Å². The van der Waals surface area contributed by atoms with Gasteiger partial charge in [0.2, 0.25) is 0 Å². The highest BCUT2D eigenvalue weighted by Gasteiger charge is 2.13. The second-order valence-electron chi connectivity index (χ2n) is 6.70. The molecule has 4 nitrogen and oxygen atoms in total. The Balaban J connectivity index is 2.28. The maximum absolute atomic E-state index is 12.6. The number of aryl methyl sites for hydroxylation is 5. The topological polar surface area (TPSA) is 64.9 Å². The number of nitrogens with zero attached hydrogens (tertiary/aromatic N) is 1. The summed E-state index contributed by atoms with van der Waals surface area (Å²) in [7, 11) is 0. The zero-order valence-corrected chi connectivity index (χ0v) is 16.7. The molecular weight excluding hydrogens is 334 g/mol. The van der Waals surface area contributed by atoms with Crippen molar-refractivity contribution in [3.05, 3.63) is 69.9 Å². The Labute approximate surface area is 161 Å². The van der Waals surface area contributed by atoms with Gasteiger partial charge in [-0.1, -0.05) is 49.7 Å². The minimum absolute atomic E-state index is 0.0438. The van der Waals surface area contributed by atoms with E-state index in [1.54, 1.807) is 0 Å². The van der Waals surface area contributed by atoms with Gasteiger partial charge in [-0.25, -0.2) is 0 Å². The molecule has 27 heavy (non-hydrogen) atoms. The quantitative estimate of drug-likeness (QED) is 0.549. The van der Waals surface area contributed by atoms with Crippen LogP contribution in [0.4, 0.5) is 11.4 Å². The summed E-state index contributed by atoms with van der Waals surface area (Å²) in [4.78, 5) is 12.6. The first-order chi connectivity index (χ1) is 12.9. The van der Waals surface area contributed by atoms with Crippen molar-refractivity contribution in [2.75, 3.05) is 10.6 Å². The van der Waals surface area contributed by atoms with Gasteiger partial charge in [-0.2, -0.15) is 5.26 Å². The summed E-state index contributed by atoms with van der Waals surface area (Å²) in [5.41, 5.74) is 7.21. The predicted molar refractivity (Wildman–Crippen MR) is 112 cm³/mol. The molecule has 1 amide bonds. The lowest BCUT2D eigenvalue weighted by molar-refractivity contribution is -0.112. The van der Waals surface area contributed by atoms with E-state index < -0.39 is 5.91 Å². The third-order valence-corrected chi connectivity index (χ3v) is 4.64. The van der Waals surface area contributed by atoms with Crippen LogP contribution in [-0.4, -0.2) is 5.91 Å². The second-order valence-corrected chi connectivity index (χ2v) is 6.70. The lowest BCUT2D eigenvalue weighted by Gasteiger charge is -2.14. The molecule has 0 saturated heterocycles. The molecule has 0 spiro atoms. The molecule has 0 aliphatic heterocycles. The van der Waals surface area contributed by atoms with E-state index in [0.717, 1.165) is 52.0 Å². The molecule has 0 aromatic heterocycles. The lowest BCUT2D eigenvalue weighted by atomic mass is 10.0. The molecule has 0 fully saturated rings. The van der Waals surface area contributed by atoms with Crippen molar-refractivity contribution in [2.45, 2.75) is 47.5 Å². The van der Waals surface area contributed by atoms with Gasteiger partial charge in [0.1, 0.15) is 11.6 Å². The van der Waals surface area contributed by atoms with E-state index in [-0.39, 0.29) is 5.57 Å². The number of para-hydroxylation sites is 1. The van der Waals surface area contributed by atoms with Crippen LogP contribution in [0.2, 0.25) is 0 Å². The van der Waals surface area contributed by atoms with Gasteiger partial charge in [-0.15, -0.1) is 0 Å². The maximum atomic E-state index is 12.6.